The highest BCUT2D eigenvalue weighted by Gasteiger charge is 2.24. The second-order valence-corrected chi connectivity index (χ2v) is 5.43. The van der Waals surface area contributed by atoms with Crippen molar-refractivity contribution in [2.24, 2.45) is 5.92 Å². The molecule has 2 nitrogen and oxygen atoms in total. The van der Waals surface area contributed by atoms with Gasteiger partial charge in [0.15, 0.2) is 0 Å². The fourth-order valence-electron chi connectivity index (χ4n) is 2.76. The SMILES string of the molecule is CCCCN(CC1CCNC1C)c1ccccc1. The molecule has 0 amide bonds. The molecule has 0 aliphatic carbocycles. The zero-order valence-electron chi connectivity index (χ0n) is 11.7. The minimum Gasteiger partial charge on any atom is -0.371 e. The summed E-state index contributed by atoms with van der Waals surface area (Å²) >= 11 is 0. The highest BCUT2D eigenvalue weighted by Crippen LogP contribution is 2.21. The average molecular weight is 246 g/mol. The first-order valence-electron chi connectivity index (χ1n) is 7.34. The van der Waals surface area contributed by atoms with Crippen LogP contribution in [0.5, 0.6) is 0 Å². The number of rotatable bonds is 6. The smallest absolute Gasteiger partial charge is 0.0366 e. The van der Waals surface area contributed by atoms with E-state index < -0.39 is 0 Å². The van der Waals surface area contributed by atoms with Gasteiger partial charge in [0.25, 0.3) is 0 Å². The van der Waals surface area contributed by atoms with Gasteiger partial charge in [-0.2, -0.15) is 0 Å². The van der Waals surface area contributed by atoms with Gasteiger partial charge >= 0.3 is 0 Å². The fraction of sp³-hybridized carbons (Fsp3) is 0.625. The van der Waals surface area contributed by atoms with Crippen molar-refractivity contribution in [3.05, 3.63) is 30.3 Å². The Kier molecular flexibility index (Phi) is 5.06. The Morgan fingerprint density at radius 2 is 2.06 bits per heavy atom. The molecule has 0 radical (unpaired) electrons. The van der Waals surface area contributed by atoms with Crippen LogP contribution in [-0.4, -0.2) is 25.7 Å². The van der Waals surface area contributed by atoms with Gasteiger partial charge in [-0.3, -0.25) is 0 Å². The Hall–Kier alpha value is -1.02. The summed E-state index contributed by atoms with van der Waals surface area (Å²) in [7, 11) is 0. The fourth-order valence-corrected chi connectivity index (χ4v) is 2.76. The summed E-state index contributed by atoms with van der Waals surface area (Å²) in [5, 5.41) is 3.56. The van der Waals surface area contributed by atoms with Gasteiger partial charge in [0.2, 0.25) is 0 Å². The van der Waals surface area contributed by atoms with Crippen molar-refractivity contribution in [2.75, 3.05) is 24.5 Å². The Labute approximate surface area is 111 Å². The standard InChI is InChI=1S/C16H26N2/c1-3-4-12-18(16-8-6-5-7-9-16)13-15-10-11-17-14(15)2/h5-9,14-15,17H,3-4,10-13H2,1-2H3. The van der Waals surface area contributed by atoms with Crippen molar-refractivity contribution in [3.8, 4) is 0 Å². The first kappa shape index (κ1) is 13.4. The molecule has 1 aliphatic heterocycles. The van der Waals surface area contributed by atoms with Crippen LogP contribution in [0.1, 0.15) is 33.1 Å². The first-order valence-corrected chi connectivity index (χ1v) is 7.34. The van der Waals surface area contributed by atoms with E-state index in [9.17, 15) is 0 Å². The van der Waals surface area contributed by atoms with E-state index in [1.54, 1.807) is 0 Å². The maximum atomic E-state index is 3.56. The third-order valence-electron chi connectivity index (χ3n) is 4.05. The van der Waals surface area contributed by atoms with Crippen molar-refractivity contribution < 1.29 is 0 Å². The van der Waals surface area contributed by atoms with E-state index >= 15 is 0 Å². The summed E-state index contributed by atoms with van der Waals surface area (Å²) in [6, 6.07) is 11.5. The van der Waals surface area contributed by atoms with Crippen LogP contribution in [0.3, 0.4) is 0 Å². The van der Waals surface area contributed by atoms with Crippen molar-refractivity contribution in [2.45, 2.75) is 39.2 Å². The van der Waals surface area contributed by atoms with Crippen LogP contribution >= 0.6 is 0 Å². The molecule has 2 rings (SSSR count). The number of hydrogen-bond acceptors (Lipinski definition) is 2. The highest BCUT2D eigenvalue weighted by atomic mass is 15.1. The van der Waals surface area contributed by atoms with Gasteiger partial charge in [0.05, 0.1) is 0 Å². The molecule has 1 N–H and O–H groups in total. The number of nitrogens with one attached hydrogen (secondary N) is 1. The van der Waals surface area contributed by atoms with Gasteiger partial charge < -0.3 is 10.2 Å². The Morgan fingerprint density at radius 3 is 2.67 bits per heavy atom. The normalized spacial score (nSPS) is 23.2. The van der Waals surface area contributed by atoms with Crippen LogP contribution in [-0.2, 0) is 0 Å². The molecule has 2 atom stereocenters. The molecule has 0 spiro atoms. The van der Waals surface area contributed by atoms with Crippen LogP contribution < -0.4 is 10.2 Å². The zero-order valence-corrected chi connectivity index (χ0v) is 11.7. The third kappa shape index (κ3) is 3.49. The third-order valence-corrected chi connectivity index (χ3v) is 4.05. The molecule has 2 unspecified atom stereocenters. The molecule has 0 aromatic heterocycles. The van der Waals surface area contributed by atoms with Gasteiger partial charge in [-0.1, -0.05) is 31.5 Å². The molecule has 1 fully saturated rings. The van der Waals surface area contributed by atoms with Gasteiger partial charge in [-0.25, -0.2) is 0 Å². The molecular weight excluding hydrogens is 220 g/mol. The largest absolute Gasteiger partial charge is 0.371 e. The summed E-state index contributed by atoms with van der Waals surface area (Å²) in [6.45, 7) is 8.15. The van der Waals surface area contributed by atoms with Gasteiger partial charge in [0, 0.05) is 24.8 Å². The van der Waals surface area contributed by atoms with Crippen molar-refractivity contribution in [1.29, 1.82) is 0 Å². The maximum Gasteiger partial charge on any atom is 0.0366 e. The van der Waals surface area contributed by atoms with Crippen LogP contribution in [0.15, 0.2) is 30.3 Å². The second-order valence-electron chi connectivity index (χ2n) is 5.43. The molecule has 1 saturated heterocycles. The van der Waals surface area contributed by atoms with Crippen LogP contribution in [0.2, 0.25) is 0 Å². The molecule has 1 aromatic carbocycles. The van der Waals surface area contributed by atoms with Crippen molar-refractivity contribution >= 4 is 5.69 Å². The Bertz CT molecular complexity index is 336. The van der Waals surface area contributed by atoms with Gasteiger partial charge in [-0.15, -0.1) is 0 Å². The van der Waals surface area contributed by atoms with E-state index in [1.165, 1.54) is 44.6 Å². The molecule has 0 saturated carbocycles. The average Bonchev–Trinajstić information content (AvgIpc) is 2.81. The van der Waals surface area contributed by atoms with E-state index in [1.807, 2.05) is 0 Å². The molecule has 18 heavy (non-hydrogen) atoms. The van der Waals surface area contributed by atoms with Crippen LogP contribution in [0, 0.1) is 5.92 Å². The molecule has 100 valence electrons. The van der Waals surface area contributed by atoms with Gasteiger partial charge in [-0.05, 0) is 44.4 Å². The zero-order chi connectivity index (χ0) is 12.8. The molecule has 0 bridgehead atoms. The number of anilines is 1. The first-order chi connectivity index (χ1) is 8.81. The topological polar surface area (TPSA) is 15.3 Å². The van der Waals surface area contributed by atoms with E-state index in [4.69, 9.17) is 0 Å². The van der Waals surface area contributed by atoms with Crippen LogP contribution in [0.4, 0.5) is 5.69 Å². The second kappa shape index (κ2) is 6.79. The highest BCUT2D eigenvalue weighted by molar-refractivity contribution is 5.46. The molecule has 1 aromatic rings. The molecule has 1 aliphatic rings. The minimum atomic E-state index is 0.665. The Morgan fingerprint density at radius 1 is 1.28 bits per heavy atom. The lowest BCUT2D eigenvalue weighted by Gasteiger charge is -2.29. The van der Waals surface area contributed by atoms with Crippen molar-refractivity contribution in [1.82, 2.24) is 5.32 Å². The Balaban J connectivity index is 2.00. The van der Waals surface area contributed by atoms with E-state index in [0.717, 1.165) is 5.92 Å². The quantitative estimate of drug-likeness (QED) is 0.828. The lowest BCUT2D eigenvalue weighted by atomic mass is 10.0. The molecule has 2 heteroatoms. The molecular formula is C16H26N2. The predicted molar refractivity (Wildman–Crippen MR) is 79.1 cm³/mol. The number of nitrogens with zero attached hydrogens (tertiary/aromatic N) is 1. The number of para-hydroxylation sites is 1. The minimum absolute atomic E-state index is 0.665. The lowest BCUT2D eigenvalue weighted by Crippen LogP contribution is -2.35. The number of hydrogen-bond donors (Lipinski definition) is 1. The van der Waals surface area contributed by atoms with Gasteiger partial charge in [0.1, 0.15) is 0 Å². The molecule has 1 heterocycles. The summed E-state index contributed by atoms with van der Waals surface area (Å²) in [5.74, 6) is 0.794. The van der Waals surface area contributed by atoms with E-state index in [2.05, 4.69) is 54.4 Å². The van der Waals surface area contributed by atoms with E-state index in [0.29, 0.717) is 6.04 Å². The number of unbranched alkanes of at least 4 members (excludes halogenated alkanes) is 1. The monoisotopic (exact) mass is 246 g/mol. The van der Waals surface area contributed by atoms with Crippen LogP contribution in [0.25, 0.3) is 0 Å². The summed E-state index contributed by atoms with van der Waals surface area (Å²) in [5.41, 5.74) is 1.38. The van der Waals surface area contributed by atoms with E-state index in [-0.39, 0.29) is 0 Å². The summed E-state index contributed by atoms with van der Waals surface area (Å²) < 4.78 is 0. The summed E-state index contributed by atoms with van der Waals surface area (Å²) in [4.78, 5) is 2.57. The maximum absolute atomic E-state index is 3.56. The van der Waals surface area contributed by atoms with Crippen molar-refractivity contribution in [3.63, 3.8) is 0 Å². The lowest BCUT2D eigenvalue weighted by molar-refractivity contribution is 0.466. The summed E-state index contributed by atoms with van der Waals surface area (Å²) in [6.07, 6.45) is 3.86. The number of benzene rings is 1. The predicted octanol–water partition coefficient (Wildman–Crippen LogP) is 3.29.